The average molecular weight is 410 g/mol. The van der Waals surface area contributed by atoms with Gasteiger partial charge in [-0.1, -0.05) is 30.3 Å². The third kappa shape index (κ3) is 6.13. The quantitative estimate of drug-likeness (QED) is 0.751. The molecular weight excluding hydrogens is 389 g/mol. The summed E-state index contributed by atoms with van der Waals surface area (Å²) in [6, 6.07) is 9.33. The minimum atomic E-state index is -4.84. The highest BCUT2D eigenvalue weighted by atomic mass is 19.4. The topological polar surface area (TPSA) is 76.7 Å². The van der Waals surface area contributed by atoms with Crippen LogP contribution in [0.3, 0.4) is 0 Å². The molecule has 2 N–H and O–H groups in total. The van der Waals surface area contributed by atoms with E-state index < -0.39 is 29.2 Å². The Bertz CT molecular complexity index is 868. The fourth-order valence-electron chi connectivity index (χ4n) is 2.46. The molecule has 0 aliphatic carbocycles. The van der Waals surface area contributed by atoms with Crippen molar-refractivity contribution < 1.29 is 32.2 Å². The van der Waals surface area contributed by atoms with Gasteiger partial charge in [0.05, 0.1) is 18.2 Å². The molecule has 3 amide bonds. The first kappa shape index (κ1) is 22.1. The van der Waals surface area contributed by atoms with Gasteiger partial charge in [0.1, 0.15) is 6.61 Å². The number of carbonyl (C=O) groups excluding carboxylic acids is 2. The smallest absolute Gasteiger partial charge is 0.417 e. The molecule has 0 aromatic heterocycles. The van der Waals surface area contributed by atoms with Crippen LogP contribution in [-0.2, 0) is 12.8 Å². The van der Waals surface area contributed by atoms with Gasteiger partial charge in [0.2, 0.25) is 0 Å². The van der Waals surface area contributed by atoms with E-state index in [1.165, 1.54) is 7.11 Å². The lowest BCUT2D eigenvalue weighted by molar-refractivity contribution is -0.138. The zero-order valence-corrected chi connectivity index (χ0v) is 16.1. The number of amides is 3. The highest BCUT2D eigenvalue weighted by Crippen LogP contribution is 2.39. The normalized spacial score (nSPS) is 11.1. The number of ether oxygens (including phenoxy) is 2. The predicted octanol–water partition coefficient (Wildman–Crippen LogP) is 4.14. The van der Waals surface area contributed by atoms with Gasteiger partial charge in [-0.2, -0.15) is 13.2 Å². The molecule has 2 aromatic rings. The van der Waals surface area contributed by atoms with Crippen molar-refractivity contribution in [2.24, 2.45) is 0 Å². The van der Waals surface area contributed by atoms with Crippen molar-refractivity contribution in [3.05, 3.63) is 59.2 Å². The lowest BCUT2D eigenvalue weighted by Crippen LogP contribution is -2.43. The molecule has 29 heavy (non-hydrogen) atoms. The molecule has 156 valence electrons. The Morgan fingerprint density at radius 1 is 1.07 bits per heavy atom. The van der Waals surface area contributed by atoms with E-state index in [-0.39, 0.29) is 24.1 Å². The molecule has 0 aliphatic heterocycles. The van der Waals surface area contributed by atoms with Crippen molar-refractivity contribution in [2.75, 3.05) is 7.11 Å². The zero-order valence-electron chi connectivity index (χ0n) is 16.1. The highest BCUT2D eigenvalue weighted by Gasteiger charge is 2.37. The van der Waals surface area contributed by atoms with E-state index in [9.17, 15) is 22.8 Å². The van der Waals surface area contributed by atoms with E-state index in [0.29, 0.717) is 6.07 Å². The molecule has 0 fully saturated rings. The summed E-state index contributed by atoms with van der Waals surface area (Å²) in [7, 11) is 1.20. The number of halogens is 3. The molecule has 2 aromatic carbocycles. The van der Waals surface area contributed by atoms with E-state index in [1.54, 1.807) is 38.1 Å². The summed E-state index contributed by atoms with van der Waals surface area (Å²) in [5.41, 5.74) is -1.21. The third-order valence-electron chi connectivity index (χ3n) is 3.74. The molecule has 0 radical (unpaired) electrons. The largest absolute Gasteiger partial charge is 0.493 e. The minimum absolute atomic E-state index is 0.0530. The van der Waals surface area contributed by atoms with Gasteiger partial charge in [-0.3, -0.25) is 10.1 Å². The van der Waals surface area contributed by atoms with Gasteiger partial charge in [0.15, 0.2) is 11.5 Å². The number of carbonyl (C=O) groups is 2. The molecule has 0 heterocycles. The standard InChI is InChI=1S/C20H21F3N2O4/c1-12(2)24-19(27)25-18(26)14-9-17(29-11-13-7-5-4-6-8-13)16(28-3)10-15(14)20(21,22)23/h4-10,12H,11H2,1-3H3,(H2,24,25,26,27). The van der Waals surface area contributed by atoms with Crippen LogP contribution < -0.4 is 20.1 Å². The predicted molar refractivity (Wildman–Crippen MR) is 99.9 cm³/mol. The van der Waals surface area contributed by atoms with E-state index in [0.717, 1.165) is 11.6 Å². The second-order valence-corrected chi connectivity index (χ2v) is 6.40. The van der Waals surface area contributed by atoms with Gasteiger partial charge >= 0.3 is 12.2 Å². The zero-order chi connectivity index (χ0) is 21.6. The first-order valence-corrected chi connectivity index (χ1v) is 8.69. The maximum Gasteiger partial charge on any atom is 0.417 e. The summed E-state index contributed by atoms with van der Waals surface area (Å²) in [4.78, 5) is 24.1. The fraction of sp³-hybridized carbons (Fsp3) is 0.300. The Morgan fingerprint density at radius 3 is 2.28 bits per heavy atom. The average Bonchev–Trinajstić information content (AvgIpc) is 2.64. The summed E-state index contributed by atoms with van der Waals surface area (Å²) < 4.78 is 51.0. The molecule has 6 nitrogen and oxygen atoms in total. The first-order valence-electron chi connectivity index (χ1n) is 8.69. The molecular formula is C20H21F3N2O4. The molecule has 9 heteroatoms. The SMILES string of the molecule is COc1cc(C(F)(F)F)c(C(=O)NC(=O)NC(C)C)cc1OCc1ccccc1. The minimum Gasteiger partial charge on any atom is -0.493 e. The number of nitrogens with one attached hydrogen (secondary N) is 2. The second-order valence-electron chi connectivity index (χ2n) is 6.40. The van der Waals surface area contributed by atoms with Crippen molar-refractivity contribution in [2.45, 2.75) is 32.7 Å². The number of imide groups is 1. The Kier molecular flexibility index (Phi) is 7.08. The number of hydrogen-bond donors (Lipinski definition) is 2. The van der Waals surface area contributed by atoms with Gasteiger partial charge in [0.25, 0.3) is 5.91 Å². The van der Waals surface area contributed by atoms with Crippen LogP contribution in [0.5, 0.6) is 11.5 Å². The molecule has 0 unspecified atom stereocenters. The molecule has 0 bridgehead atoms. The fourth-order valence-corrected chi connectivity index (χ4v) is 2.46. The number of methoxy groups -OCH3 is 1. The number of alkyl halides is 3. The molecule has 0 aliphatic rings. The third-order valence-corrected chi connectivity index (χ3v) is 3.74. The first-order chi connectivity index (χ1) is 13.6. The van der Waals surface area contributed by atoms with Crippen molar-refractivity contribution in [1.82, 2.24) is 10.6 Å². The van der Waals surface area contributed by atoms with E-state index in [1.807, 2.05) is 11.4 Å². The van der Waals surface area contributed by atoms with E-state index >= 15 is 0 Å². The van der Waals surface area contributed by atoms with Gasteiger partial charge < -0.3 is 14.8 Å². The van der Waals surface area contributed by atoms with Crippen LogP contribution in [0.15, 0.2) is 42.5 Å². The van der Waals surface area contributed by atoms with Crippen molar-refractivity contribution in [1.29, 1.82) is 0 Å². The van der Waals surface area contributed by atoms with Crippen molar-refractivity contribution in [3.63, 3.8) is 0 Å². The van der Waals surface area contributed by atoms with Crippen LogP contribution in [0, 0.1) is 0 Å². The highest BCUT2D eigenvalue weighted by molar-refractivity contribution is 6.05. The van der Waals surface area contributed by atoms with Gasteiger partial charge in [-0.25, -0.2) is 4.79 Å². The van der Waals surface area contributed by atoms with E-state index in [2.05, 4.69) is 5.32 Å². The molecule has 0 saturated heterocycles. The molecule has 0 saturated carbocycles. The van der Waals surface area contributed by atoms with Gasteiger partial charge in [-0.15, -0.1) is 0 Å². The second kappa shape index (κ2) is 9.31. The van der Waals surface area contributed by atoms with Crippen molar-refractivity contribution >= 4 is 11.9 Å². The number of benzene rings is 2. The summed E-state index contributed by atoms with van der Waals surface area (Å²) in [6.45, 7) is 3.35. The van der Waals surface area contributed by atoms with Gasteiger partial charge in [-0.05, 0) is 31.5 Å². The Balaban J connectivity index is 2.38. The number of rotatable bonds is 6. The monoisotopic (exact) mass is 410 g/mol. The summed E-state index contributed by atoms with van der Waals surface area (Å²) in [6.07, 6.45) is -4.84. The lowest BCUT2D eigenvalue weighted by Gasteiger charge is -2.18. The van der Waals surface area contributed by atoms with Crippen LogP contribution in [-0.4, -0.2) is 25.1 Å². The Morgan fingerprint density at radius 2 is 1.72 bits per heavy atom. The van der Waals surface area contributed by atoms with Crippen LogP contribution in [0.4, 0.5) is 18.0 Å². The summed E-state index contributed by atoms with van der Waals surface area (Å²) in [5.74, 6) is -1.45. The van der Waals surface area contributed by atoms with Crippen molar-refractivity contribution in [3.8, 4) is 11.5 Å². The maximum absolute atomic E-state index is 13.5. The molecule has 0 spiro atoms. The number of urea groups is 1. The summed E-state index contributed by atoms with van der Waals surface area (Å²) >= 11 is 0. The number of hydrogen-bond acceptors (Lipinski definition) is 4. The van der Waals surface area contributed by atoms with Gasteiger partial charge in [0, 0.05) is 6.04 Å². The summed E-state index contributed by atoms with van der Waals surface area (Å²) in [5, 5.41) is 4.27. The van der Waals surface area contributed by atoms with Crippen LogP contribution in [0.2, 0.25) is 0 Å². The van der Waals surface area contributed by atoms with Crippen LogP contribution >= 0.6 is 0 Å². The Labute approximate surface area is 166 Å². The van der Waals surface area contributed by atoms with E-state index in [4.69, 9.17) is 9.47 Å². The Hall–Kier alpha value is -3.23. The molecule has 0 atom stereocenters. The maximum atomic E-state index is 13.5. The van der Waals surface area contributed by atoms with Crippen LogP contribution in [0.1, 0.15) is 35.3 Å². The molecule has 2 rings (SSSR count). The lowest BCUT2D eigenvalue weighted by atomic mass is 10.0. The van der Waals surface area contributed by atoms with Crippen LogP contribution in [0.25, 0.3) is 0 Å².